The molecule has 1 N–H and O–H groups in total. The van der Waals surface area contributed by atoms with Gasteiger partial charge in [0.05, 0.1) is 12.4 Å². The first-order chi connectivity index (χ1) is 7.70. The van der Waals surface area contributed by atoms with Crippen LogP contribution in [0.2, 0.25) is 0 Å². The second-order valence-electron chi connectivity index (χ2n) is 2.91. The molecule has 0 saturated heterocycles. The third-order valence-electron chi connectivity index (χ3n) is 1.86. The number of aromatic nitrogens is 2. The number of aldehydes is 1. The number of aromatic carboxylic acids is 1. The molecule has 0 bridgehead atoms. The van der Waals surface area contributed by atoms with Crippen LogP contribution in [0.4, 0.5) is 0 Å². The summed E-state index contributed by atoms with van der Waals surface area (Å²) in [5, 5.41) is 8.65. The normalized spacial score (nSPS) is 10.0. The largest absolute Gasteiger partial charge is 0.475 e. The monoisotopic (exact) mass is 218 g/mol. The Labute approximate surface area is 89.6 Å². The summed E-state index contributed by atoms with van der Waals surface area (Å²) in [6.45, 7) is 0. The Hall–Kier alpha value is -2.50. The van der Waals surface area contributed by atoms with Gasteiger partial charge in [-0.3, -0.25) is 4.79 Å². The lowest BCUT2D eigenvalue weighted by atomic mass is 10.3. The van der Waals surface area contributed by atoms with Gasteiger partial charge in [-0.15, -0.1) is 0 Å². The van der Waals surface area contributed by atoms with Crippen LogP contribution in [0.15, 0.2) is 28.9 Å². The van der Waals surface area contributed by atoms with Crippen molar-refractivity contribution in [1.29, 1.82) is 0 Å². The van der Waals surface area contributed by atoms with E-state index in [1.54, 1.807) is 0 Å². The average molecular weight is 218 g/mol. The summed E-state index contributed by atoms with van der Waals surface area (Å²) in [6.07, 6.45) is 3.20. The third-order valence-corrected chi connectivity index (χ3v) is 1.86. The lowest BCUT2D eigenvalue weighted by Gasteiger charge is -1.94. The Morgan fingerprint density at radius 1 is 1.31 bits per heavy atom. The van der Waals surface area contributed by atoms with E-state index in [4.69, 9.17) is 9.52 Å². The van der Waals surface area contributed by atoms with Crippen LogP contribution < -0.4 is 0 Å². The highest BCUT2D eigenvalue weighted by Crippen LogP contribution is 2.19. The maximum absolute atomic E-state index is 10.6. The molecular formula is C10H6N2O4. The van der Waals surface area contributed by atoms with Gasteiger partial charge in [0.2, 0.25) is 5.76 Å². The summed E-state index contributed by atoms with van der Waals surface area (Å²) >= 11 is 0. The number of carbonyl (C=O) groups is 2. The predicted molar refractivity (Wildman–Crippen MR) is 52.1 cm³/mol. The lowest BCUT2D eigenvalue weighted by Crippen LogP contribution is -1.92. The first-order valence-electron chi connectivity index (χ1n) is 4.31. The first kappa shape index (κ1) is 10.0. The minimum absolute atomic E-state index is 0.170. The minimum atomic E-state index is -1.15. The number of carbonyl (C=O) groups excluding carboxylic acids is 1. The number of carboxylic acid groups (broad SMARTS) is 1. The summed E-state index contributed by atoms with van der Waals surface area (Å²) in [5.41, 5.74) is 0.576. The Balaban J connectivity index is 2.35. The van der Waals surface area contributed by atoms with Crippen LogP contribution in [0.25, 0.3) is 11.5 Å². The quantitative estimate of drug-likeness (QED) is 0.779. The molecule has 6 nitrogen and oxygen atoms in total. The van der Waals surface area contributed by atoms with Gasteiger partial charge in [0, 0.05) is 0 Å². The van der Waals surface area contributed by atoms with E-state index in [-0.39, 0.29) is 11.5 Å². The van der Waals surface area contributed by atoms with E-state index in [1.165, 1.54) is 24.5 Å². The molecule has 2 aromatic rings. The summed E-state index contributed by atoms with van der Waals surface area (Å²) in [6, 6.07) is 2.81. The molecule has 0 fully saturated rings. The molecule has 2 aromatic heterocycles. The standard InChI is InChI=1S/C10H6N2O4/c13-5-6-3-12-7(4-11-6)8-1-2-9(16-8)10(14)15/h1-5H,(H,14,15). The van der Waals surface area contributed by atoms with Gasteiger partial charge in [-0.25, -0.2) is 14.8 Å². The molecule has 0 aromatic carbocycles. The van der Waals surface area contributed by atoms with E-state index in [0.717, 1.165) is 0 Å². The summed E-state index contributed by atoms with van der Waals surface area (Å²) in [7, 11) is 0. The molecule has 80 valence electrons. The number of rotatable bonds is 3. The van der Waals surface area contributed by atoms with Crippen LogP contribution in [0.5, 0.6) is 0 Å². The van der Waals surface area contributed by atoms with Gasteiger partial charge < -0.3 is 9.52 Å². The zero-order valence-electron chi connectivity index (χ0n) is 7.95. The highest BCUT2D eigenvalue weighted by molar-refractivity contribution is 5.85. The van der Waals surface area contributed by atoms with Crippen molar-refractivity contribution in [3.63, 3.8) is 0 Å². The van der Waals surface area contributed by atoms with Gasteiger partial charge in [0.1, 0.15) is 11.4 Å². The zero-order chi connectivity index (χ0) is 11.5. The molecule has 2 rings (SSSR count). The fourth-order valence-corrected chi connectivity index (χ4v) is 1.12. The first-order valence-corrected chi connectivity index (χ1v) is 4.31. The maximum atomic E-state index is 10.6. The van der Waals surface area contributed by atoms with E-state index in [9.17, 15) is 9.59 Å². The molecule has 0 aliphatic heterocycles. The minimum Gasteiger partial charge on any atom is -0.475 e. The van der Waals surface area contributed by atoms with Gasteiger partial charge in [-0.2, -0.15) is 0 Å². The second-order valence-corrected chi connectivity index (χ2v) is 2.91. The molecule has 6 heteroatoms. The van der Waals surface area contributed by atoms with Crippen molar-refractivity contribution in [1.82, 2.24) is 9.97 Å². The molecule has 0 unspecified atom stereocenters. The molecule has 16 heavy (non-hydrogen) atoms. The van der Waals surface area contributed by atoms with E-state index in [1.807, 2.05) is 0 Å². The number of nitrogens with zero attached hydrogens (tertiary/aromatic N) is 2. The van der Waals surface area contributed by atoms with Gasteiger partial charge in [0.25, 0.3) is 0 Å². The highest BCUT2D eigenvalue weighted by Gasteiger charge is 2.11. The Morgan fingerprint density at radius 3 is 2.62 bits per heavy atom. The van der Waals surface area contributed by atoms with Crippen LogP contribution in [-0.2, 0) is 0 Å². The number of furan rings is 1. The molecule has 0 aliphatic rings. The fraction of sp³-hybridized carbons (Fsp3) is 0. The fourth-order valence-electron chi connectivity index (χ4n) is 1.12. The lowest BCUT2D eigenvalue weighted by molar-refractivity contribution is 0.0663. The van der Waals surface area contributed by atoms with Crippen molar-refractivity contribution in [2.45, 2.75) is 0 Å². The van der Waals surface area contributed by atoms with Crippen molar-refractivity contribution in [3.05, 3.63) is 36.0 Å². The Morgan fingerprint density at radius 2 is 2.12 bits per heavy atom. The SMILES string of the molecule is O=Cc1cnc(-c2ccc(C(=O)O)o2)cn1. The van der Waals surface area contributed by atoms with Gasteiger partial charge in [-0.05, 0) is 12.1 Å². The highest BCUT2D eigenvalue weighted by atomic mass is 16.4. The van der Waals surface area contributed by atoms with E-state index >= 15 is 0 Å². The van der Waals surface area contributed by atoms with Crippen LogP contribution in [0.3, 0.4) is 0 Å². The molecule has 2 heterocycles. The van der Waals surface area contributed by atoms with Gasteiger partial charge in [0.15, 0.2) is 12.0 Å². The molecule has 0 spiro atoms. The summed E-state index contributed by atoms with van der Waals surface area (Å²) < 4.78 is 5.01. The van der Waals surface area contributed by atoms with Crippen molar-refractivity contribution < 1.29 is 19.1 Å². The summed E-state index contributed by atoms with van der Waals surface area (Å²) in [4.78, 5) is 28.6. The van der Waals surface area contributed by atoms with Crippen molar-refractivity contribution in [3.8, 4) is 11.5 Å². The van der Waals surface area contributed by atoms with Gasteiger partial charge in [-0.1, -0.05) is 0 Å². The van der Waals surface area contributed by atoms with Crippen LogP contribution in [0.1, 0.15) is 21.0 Å². The Kier molecular flexibility index (Phi) is 2.47. The smallest absolute Gasteiger partial charge is 0.371 e. The number of hydrogen-bond acceptors (Lipinski definition) is 5. The van der Waals surface area contributed by atoms with Crippen LogP contribution >= 0.6 is 0 Å². The van der Waals surface area contributed by atoms with E-state index in [0.29, 0.717) is 17.7 Å². The molecule has 0 atom stereocenters. The van der Waals surface area contributed by atoms with Crippen LogP contribution in [0, 0.1) is 0 Å². The zero-order valence-corrected chi connectivity index (χ0v) is 7.95. The van der Waals surface area contributed by atoms with E-state index in [2.05, 4.69) is 9.97 Å². The predicted octanol–water partition coefficient (Wildman–Crippen LogP) is 1.25. The van der Waals surface area contributed by atoms with E-state index < -0.39 is 5.97 Å². The van der Waals surface area contributed by atoms with Gasteiger partial charge >= 0.3 is 5.97 Å². The number of hydrogen-bond donors (Lipinski definition) is 1. The Bertz CT molecular complexity index is 530. The molecule has 0 radical (unpaired) electrons. The second kappa shape index (κ2) is 3.93. The topological polar surface area (TPSA) is 93.3 Å². The molecule has 0 saturated carbocycles. The van der Waals surface area contributed by atoms with Crippen LogP contribution in [-0.4, -0.2) is 27.3 Å². The third kappa shape index (κ3) is 1.81. The van der Waals surface area contributed by atoms with Crippen molar-refractivity contribution in [2.24, 2.45) is 0 Å². The number of carboxylic acids is 1. The molecular weight excluding hydrogens is 212 g/mol. The average Bonchev–Trinajstić information content (AvgIpc) is 2.78. The molecule has 0 aliphatic carbocycles. The summed E-state index contributed by atoms with van der Waals surface area (Å²) in [5.74, 6) is -1.03. The molecule has 0 amide bonds. The van der Waals surface area contributed by atoms with Crippen molar-refractivity contribution >= 4 is 12.3 Å². The maximum Gasteiger partial charge on any atom is 0.371 e. The van der Waals surface area contributed by atoms with Crippen molar-refractivity contribution in [2.75, 3.05) is 0 Å².